The normalized spacial score (nSPS) is 12.2. The minimum Gasteiger partial charge on any atom is -0.495 e. The minimum absolute atomic E-state index is 0.0113. The Morgan fingerprint density at radius 2 is 2.00 bits per heavy atom. The van der Waals surface area contributed by atoms with Crippen LogP contribution in [0.25, 0.3) is 0 Å². The molecule has 5 nitrogen and oxygen atoms in total. The van der Waals surface area contributed by atoms with Crippen LogP contribution in [0.15, 0.2) is 23.1 Å². The van der Waals surface area contributed by atoms with Gasteiger partial charge in [0.15, 0.2) is 22.8 Å². The van der Waals surface area contributed by atoms with Crippen LogP contribution in [0.1, 0.15) is 0 Å². The van der Waals surface area contributed by atoms with Crippen molar-refractivity contribution >= 4 is 11.1 Å². The third-order valence-corrected chi connectivity index (χ3v) is 2.42. The fourth-order valence-corrected chi connectivity index (χ4v) is 1.69. The van der Waals surface area contributed by atoms with E-state index in [4.69, 9.17) is 18.8 Å². The molecule has 1 aromatic carbocycles. The summed E-state index contributed by atoms with van der Waals surface area (Å²) in [7, 11) is 2.89. The van der Waals surface area contributed by atoms with Gasteiger partial charge in [-0.25, -0.2) is 4.21 Å². The molecule has 1 atom stereocenters. The van der Waals surface area contributed by atoms with E-state index < -0.39 is 11.1 Å². The van der Waals surface area contributed by atoms with Crippen molar-refractivity contribution in [3.05, 3.63) is 18.2 Å². The monoisotopic (exact) mass is 232 g/mol. The second-order valence-electron chi connectivity index (χ2n) is 2.59. The first-order valence-corrected chi connectivity index (χ1v) is 5.21. The molecule has 1 rings (SSSR count). The largest absolute Gasteiger partial charge is 0.495 e. The van der Waals surface area contributed by atoms with E-state index in [1.807, 2.05) is 0 Å². The summed E-state index contributed by atoms with van der Waals surface area (Å²) in [5.41, 5.74) is 0. The molecule has 0 saturated heterocycles. The zero-order chi connectivity index (χ0) is 11.3. The highest BCUT2D eigenvalue weighted by Crippen LogP contribution is 2.30. The topological polar surface area (TPSA) is 65.0 Å². The van der Waals surface area contributed by atoms with Gasteiger partial charge < -0.3 is 18.8 Å². The second-order valence-corrected chi connectivity index (χ2v) is 3.49. The van der Waals surface area contributed by atoms with Crippen molar-refractivity contribution in [2.75, 3.05) is 21.0 Å². The number of hydrogen-bond donors (Lipinski definition) is 1. The van der Waals surface area contributed by atoms with Crippen LogP contribution in [0.3, 0.4) is 0 Å². The maximum absolute atomic E-state index is 11.1. The molecular weight excluding hydrogens is 220 g/mol. The Hall–Kier alpha value is -1.11. The summed E-state index contributed by atoms with van der Waals surface area (Å²) in [5, 5.41) is 0. The molecule has 6 heteroatoms. The Kier molecular flexibility index (Phi) is 4.54. The van der Waals surface area contributed by atoms with Gasteiger partial charge in [0.25, 0.3) is 0 Å². The molecule has 84 valence electrons. The second kappa shape index (κ2) is 5.69. The summed E-state index contributed by atoms with van der Waals surface area (Å²) < 4.78 is 35.0. The first kappa shape index (κ1) is 12.0. The third-order valence-electron chi connectivity index (χ3n) is 1.67. The third kappa shape index (κ3) is 2.92. The van der Waals surface area contributed by atoms with E-state index in [1.165, 1.54) is 14.2 Å². The zero-order valence-corrected chi connectivity index (χ0v) is 9.24. The molecule has 0 aliphatic carbocycles. The molecule has 0 aromatic heterocycles. The van der Waals surface area contributed by atoms with Crippen molar-refractivity contribution < 1.29 is 23.0 Å². The number of rotatable bonds is 5. The van der Waals surface area contributed by atoms with Gasteiger partial charge in [0.1, 0.15) is 11.5 Å². The predicted molar refractivity (Wildman–Crippen MR) is 54.5 cm³/mol. The van der Waals surface area contributed by atoms with Crippen molar-refractivity contribution in [1.82, 2.24) is 0 Å². The minimum atomic E-state index is -2.16. The maximum Gasteiger partial charge on any atom is 0.194 e. The van der Waals surface area contributed by atoms with Crippen LogP contribution in [-0.2, 0) is 15.8 Å². The van der Waals surface area contributed by atoms with E-state index in [2.05, 4.69) is 0 Å². The Morgan fingerprint density at radius 1 is 1.33 bits per heavy atom. The highest BCUT2D eigenvalue weighted by molar-refractivity contribution is 7.79. The number of ether oxygens (including phenoxy) is 3. The van der Waals surface area contributed by atoms with Crippen LogP contribution in [0.2, 0.25) is 0 Å². The summed E-state index contributed by atoms with van der Waals surface area (Å²) in [6.45, 7) is 0.0113. The van der Waals surface area contributed by atoms with Crippen LogP contribution >= 0.6 is 0 Å². The molecule has 0 aliphatic rings. The average Bonchev–Trinajstić information content (AvgIpc) is 2.25. The molecule has 0 heterocycles. The summed E-state index contributed by atoms with van der Waals surface area (Å²) in [5.74, 6) is 0.585. The summed E-state index contributed by atoms with van der Waals surface area (Å²) in [4.78, 5) is 0.108. The lowest BCUT2D eigenvalue weighted by Crippen LogP contribution is -2.04. The Labute approximate surface area is 90.2 Å². The van der Waals surface area contributed by atoms with Crippen molar-refractivity contribution in [3.63, 3.8) is 0 Å². The lowest BCUT2D eigenvalue weighted by atomic mass is 10.3. The molecule has 0 saturated carbocycles. The molecule has 0 fully saturated rings. The highest BCUT2D eigenvalue weighted by Gasteiger charge is 2.15. The first-order valence-electron chi connectivity index (χ1n) is 4.10. The molecule has 0 radical (unpaired) electrons. The number of benzene rings is 1. The molecule has 15 heavy (non-hydrogen) atoms. The van der Waals surface area contributed by atoms with E-state index in [-0.39, 0.29) is 17.4 Å². The van der Waals surface area contributed by atoms with Crippen LogP contribution in [0.4, 0.5) is 0 Å². The Bertz CT molecular complexity index is 352. The van der Waals surface area contributed by atoms with Crippen molar-refractivity contribution in [1.29, 1.82) is 0 Å². The average molecular weight is 232 g/mol. The SMILES string of the molecule is COCOc1cccc(OC)c1S(=O)O. The van der Waals surface area contributed by atoms with E-state index >= 15 is 0 Å². The van der Waals surface area contributed by atoms with Gasteiger partial charge >= 0.3 is 0 Å². The fraction of sp³-hybridized carbons (Fsp3) is 0.333. The summed E-state index contributed by atoms with van der Waals surface area (Å²) >= 11 is -2.16. The van der Waals surface area contributed by atoms with Gasteiger partial charge in [-0.1, -0.05) is 6.07 Å². The molecule has 1 N–H and O–H groups in total. The lowest BCUT2D eigenvalue weighted by molar-refractivity contribution is 0.0487. The van der Waals surface area contributed by atoms with Crippen LogP contribution < -0.4 is 9.47 Å². The first-order chi connectivity index (χ1) is 7.20. The van der Waals surface area contributed by atoms with E-state index in [1.54, 1.807) is 18.2 Å². The maximum atomic E-state index is 11.1. The standard InChI is InChI=1S/C9H12O5S/c1-12-6-14-8-5-3-4-7(13-2)9(8)15(10)11/h3-5H,6H2,1-2H3,(H,10,11). The zero-order valence-electron chi connectivity index (χ0n) is 8.43. The van der Waals surface area contributed by atoms with E-state index in [9.17, 15) is 4.21 Å². The molecule has 0 spiro atoms. The summed E-state index contributed by atoms with van der Waals surface area (Å²) in [6, 6.07) is 4.83. The summed E-state index contributed by atoms with van der Waals surface area (Å²) in [6.07, 6.45) is 0. The molecular formula is C9H12O5S. The van der Waals surface area contributed by atoms with Crippen molar-refractivity contribution in [2.24, 2.45) is 0 Å². The van der Waals surface area contributed by atoms with Crippen molar-refractivity contribution in [2.45, 2.75) is 4.90 Å². The smallest absolute Gasteiger partial charge is 0.194 e. The van der Waals surface area contributed by atoms with Gasteiger partial charge in [0, 0.05) is 7.11 Å². The highest BCUT2D eigenvalue weighted by atomic mass is 32.2. The van der Waals surface area contributed by atoms with Crippen LogP contribution in [0, 0.1) is 0 Å². The molecule has 0 amide bonds. The number of methoxy groups -OCH3 is 2. The molecule has 0 bridgehead atoms. The van der Waals surface area contributed by atoms with E-state index in [0.29, 0.717) is 5.75 Å². The van der Waals surface area contributed by atoms with Gasteiger partial charge in [-0.15, -0.1) is 0 Å². The lowest BCUT2D eigenvalue weighted by Gasteiger charge is -2.11. The van der Waals surface area contributed by atoms with E-state index in [0.717, 1.165) is 0 Å². The van der Waals surface area contributed by atoms with Crippen molar-refractivity contribution in [3.8, 4) is 11.5 Å². The van der Waals surface area contributed by atoms with Crippen LogP contribution in [-0.4, -0.2) is 29.8 Å². The predicted octanol–water partition coefficient (Wildman–Crippen LogP) is 1.26. The molecule has 1 unspecified atom stereocenters. The van der Waals surface area contributed by atoms with Gasteiger partial charge in [0.05, 0.1) is 7.11 Å². The Morgan fingerprint density at radius 3 is 2.53 bits per heavy atom. The van der Waals surface area contributed by atoms with Gasteiger partial charge in [0.2, 0.25) is 0 Å². The van der Waals surface area contributed by atoms with Gasteiger partial charge in [-0.2, -0.15) is 0 Å². The number of hydrogen-bond acceptors (Lipinski definition) is 4. The van der Waals surface area contributed by atoms with Gasteiger partial charge in [-0.05, 0) is 12.1 Å². The van der Waals surface area contributed by atoms with Gasteiger partial charge in [-0.3, -0.25) is 0 Å². The van der Waals surface area contributed by atoms with Crippen LogP contribution in [0.5, 0.6) is 11.5 Å². The fourth-order valence-electron chi connectivity index (χ4n) is 1.06. The quantitative estimate of drug-likeness (QED) is 0.611. The molecule has 1 aromatic rings. The molecule has 0 aliphatic heterocycles. The Balaban J connectivity index is 3.07.